The Morgan fingerprint density at radius 2 is 2.05 bits per heavy atom. The van der Waals surface area contributed by atoms with Crippen LogP contribution in [0.4, 0.5) is 0 Å². The van der Waals surface area contributed by atoms with Gasteiger partial charge in [0, 0.05) is 17.8 Å². The molecule has 0 spiro atoms. The van der Waals surface area contributed by atoms with Gasteiger partial charge in [-0.25, -0.2) is 4.98 Å². The fourth-order valence-electron chi connectivity index (χ4n) is 2.02. The van der Waals surface area contributed by atoms with Gasteiger partial charge in [-0.15, -0.1) is 0 Å². The first kappa shape index (κ1) is 12.0. The van der Waals surface area contributed by atoms with Crippen LogP contribution in [0.5, 0.6) is 0 Å². The van der Waals surface area contributed by atoms with Crippen LogP contribution in [-0.2, 0) is 6.54 Å². The summed E-state index contributed by atoms with van der Waals surface area (Å²) in [5.41, 5.74) is 1.82. The van der Waals surface area contributed by atoms with Crippen molar-refractivity contribution in [3.8, 4) is 0 Å². The van der Waals surface area contributed by atoms with Gasteiger partial charge < -0.3 is 0 Å². The van der Waals surface area contributed by atoms with E-state index in [0.717, 1.165) is 16.5 Å². The molecule has 3 rings (SSSR count). The van der Waals surface area contributed by atoms with Gasteiger partial charge in [0.05, 0.1) is 18.4 Å². The molecule has 4 nitrogen and oxygen atoms in total. The van der Waals surface area contributed by atoms with Crippen LogP contribution in [0.25, 0.3) is 10.9 Å². The molecule has 2 aromatic heterocycles. The van der Waals surface area contributed by atoms with Crippen LogP contribution in [0.3, 0.4) is 0 Å². The van der Waals surface area contributed by atoms with E-state index in [0.29, 0.717) is 11.0 Å². The number of para-hydroxylation sites is 1. The van der Waals surface area contributed by atoms with Crippen LogP contribution < -0.4 is 5.56 Å². The van der Waals surface area contributed by atoms with Crippen molar-refractivity contribution in [1.29, 1.82) is 0 Å². The van der Waals surface area contributed by atoms with Crippen LogP contribution in [-0.4, -0.2) is 14.5 Å². The molecule has 0 aliphatic carbocycles. The molecule has 0 amide bonds. The predicted octanol–water partition coefficient (Wildman–Crippen LogP) is 2.60. The fourth-order valence-corrected chi connectivity index (χ4v) is 2.36. The third-order valence-corrected chi connectivity index (χ3v) is 3.46. The topological polar surface area (TPSA) is 47.8 Å². The van der Waals surface area contributed by atoms with Crippen LogP contribution in [0.15, 0.2) is 58.3 Å². The maximum atomic E-state index is 12.0. The van der Waals surface area contributed by atoms with E-state index in [1.54, 1.807) is 10.8 Å². The second kappa shape index (κ2) is 4.93. The average molecular weight is 316 g/mol. The van der Waals surface area contributed by atoms with E-state index in [9.17, 15) is 4.79 Å². The number of hydrogen-bond acceptors (Lipinski definition) is 3. The summed E-state index contributed by atoms with van der Waals surface area (Å²) in [5, 5.41) is 1.07. The summed E-state index contributed by atoms with van der Waals surface area (Å²) >= 11 is 3.20. The van der Waals surface area contributed by atoms with E-state index in [-0.39, 0.29) is 5.56 Å². The highest BCUT2D eigenvalue weighted by Gasteiger charge is 2.05. The van der Waals surface area contributed by atoms with Crippen molar-refractivity contribution in [2.75, 3.05) is 0 Å². The van der Waals surface area contributed by atoms with Crippen molar-refractivity contribution in [3.63, 3.8) is 0 Å². The normalized spacial score (nSPS) is 10.8. The molecule has 0 aliphatic heterocycles. The summed E-state index contributed by atoms with van der Waals surface area (Å²) in [4.78, 5) is 20.4. The molecule has 0 fully saturated rings. The van der Waals surface area contributed by atoms with Gasteiger partial charge in [-0.3, -0.25) is 14.3 Å². The Morgan fingerprint density at radius 3 is 2.95 bits per heavy atom. The average Bonchev–Trinajstić information content (AvgIpc) is 2.44. The van der Waals surface area contributed by atoms with Crippen molar-refractivity contribution >= 4 is 26.8 Å². The summed E-state index contributed by atoms with van der Waals surface area (Å²) in [7, 11) is 0. The van der Waals surface area contributed by atoms with Gasteiger partial charge in [-0.1, -0.05) is 24.3 Å². The van der Waals surface area contributed by atoms with Crippen molar-refractivity contribution in [2.24, 2.45) is 0 Å². The Labute approximate surface area is 117 Å². The zero-order valence-electron chi connectivity index (χ0n) is 9.95. The van der Waals surface area contributed by atoms with E-state index in [2.05, 4.69) is 25.9 Å². The second-order valence-electron chi connectivity index (χ2n) is 4.17. The first-order valence-electron chi connectivity index (χ1n) is 5.78. The Hall–Kier alpha value is -2.01. The smallest absolute Gasteiger partial charge is 0.267 e. The van der Waals surface area contributed by atoms with Crippen LogP contribution in [0, 0.1) is 0 Å². The number of aromatic nitrogens is 3. The molecule has 0 unspecified atom stereocenters. The summed E-state index contributed by atoms with van der Waals surface area (Å²) < 4.78 is 2.02. The molecule has 0 bridgehead atoms. The van der Waals surface area contributed by atoms with E-state index in [1.807, 2.05) is 30.3 Å². The number of hydrogen-bond donors (Lipinski definition) is 0. The van der Waals surface area contributed by atoms with Gasteiger partial charge in [0.25, 0.3) is 5.56 Å². The summed E-state index contributed by atoms with van der Waals surface area (Å²) in [5.74, 6) is 0. The SMILES string of the molecule is O=c1c(Br)cncn1Cc1cccc2cccnc12. The maximum absolute atomic E-state index is 12.0. The molecular weight excluding hydrogens is 306 g/mol. The lowest BCUT2D eigenvalue weighted by Crippen LogP contribution is -2.21. The van der Waals surface area contributed by atoms with Crippen LogP contribution in [0.2, 0.25) is 0 Å². The fraction of sp³-hybridized carbons (Fsp3) is 0.0714. The summed E-state index contributed by atoms with van der Waals surface area (Å²) in [6, 6.07) is 9.86. The standard InChI is InChI=1S/C14H10BrN3O/c15-12-7-16-9-18(14(12)19)8-11-4-1-3-10-5-2-6-17-13(10)11/h1-7,9H,8H2. The van der Waals surface area contributed by atoms with Gasteiger partial charge in [-0.05, 0) is 27.6 Å². The Bertz CT molecular complexity index is 793. The summed E-state index contributed by atoms with van der Waals surface area (Å²) in [6.07, 6.45) is 4.79. The van der Waals surface area contributed by atoms with Gasteiger partial charge in [0.2, 0.25) is 0 Å². The van der Waals surface area contributed by atoms with Crippen molar-refractivity contribution in [3.05, 3.63) is 69.4 Å². The summed E-state index contributed by atoms with van der Waals surface area (Å²) in [6.45, 7) is 0.458. The molecule has 0 radical (unpaired) electrons. The highest BCUT2D eigenvalue weighted by Crippen LogP contribution is 2.16. The minimum Gasteiger partial charge on any atom is -0.294 e. The lowest BCUT2D eigenvalue weighted by molar-refractivity contribution is 0.733. The van der Waals surface area contributed by atoms with Crippen LogP contribution >= 0.6 is 15.9 Å². The van der Waals surface area contributed by atoms with Gasteiger partial charge in [0.15, 0.2) is 0 Å². The van der Waals surface area contributed by atoms with Gasteiger partial charge in [-0.2, -0.15) is 0 Å². The van der Waals surface area contributed by atoms with E-state index in [1.165, 1.54) is 12.5 Å². The van der Waals surface area contributed by atoms with Gasteiger partial charge in [0.1, 0.15) is 4.47 Å². The molecule has 3 aromatic rings. The highest BCUT2D eigenvalue weighted by molar-refractivity contribution is 9.10. The zero-order valence-corrected chi connectivity index (χ0v) is 11.5. The van der Waals surface area contributed by atoms with Gasteiger partial charge >= 0.3 is 0 Å². The monoisotopic (exact) mass is 315 g/mol. The molecule has 1 aromatic carbocycles. The third-order valence-electron chi connectivity index (χ3n) is 2.92. The minimum atomic E-state index is -0.0945. The lowest BCUT2D eigenvalue weighted by Gasteiger charge is -2.08. The molecule has 0 saturated heterocycles. The quantitative estimate of drug-likeness (QED) is 0.730. The molecule has 19 heavy (non-hydrogen) atoms. The first-order valence-corrected chi connectivity index (χ1v) is 6.57. The number of nitrogens with zero attached hydrogens (tertiary/aromatic N) is 3. The number of halogens is 1. The molecule has 5 heteroatoms. The highest BCUT2D eigenvalue weighted by atomic mass is 79.9. The van der Waals surface area contributed by atoms with Crippen molar-refractivity contribution in [1.82, 2.24) is 14.5 Å². The molecular formula is C14H10BrN3O. The number of benzene rings is 1. The Kier molecular flexibility index (Phi) is 3.13. The molecule has 0 aliphatic rings. The molecule has 0 N–H and O–H groups in total. The van der Waals surface area contributed by atoms with Crippen molar-refractivity contribution in [2.45, 2.75) is 6.54 Å². The van der Waals surface area contributed by atoms with E-state index >= 15 is 0 Å². The first-order chi connectivity index (χ1) is 9.25. The van der Waals surface area contributed by atoms with Crippen LogP contribution in [0.1, 0.15) is 5.56 Å². The zero-order chi connectivity index (χ0) is 13.2. The third kappa shape index (κ3) is 2.29. The molecule has 0 atom stereocenters. The number of fused-ring (bicyclic) bond motifs is 1. The van der Waals surface area contributed by atoms with E-state index < -0.39 is 0 Å². The maximum Gasteiger partial charge on any atom is 0.267 e. The number of pyridine rings is 1. The molecule has 0 saturated carbocycles. The van der Waals surface area contributed by atoms with E-state index in [4.69, 9.17) is 0 Å². The molecule has 2 heterocycles. The number of rotatable bonds is 2. The minimum absolute atomic E-state index is 0.0945. The Balaban J connectivity index is 2.11. The Morgan fingerprint density at radius 1 is 1.21 bits per heavy atom. The predicted molar refractivity (Wildman–Crippen MR) is 77.0 cm³/mol. The molecule has 94 valence electrons. The van der Waals surface area contributed by atoms with Crippen molar-refractivity contribution < 1.29 is 0 Å². The second-order valence-corrected chi connectivity index (χ2v) is 5.02. The lowest BCUT2D eigenvalue weighted by atomic mass is 10.1. The largest absolute Gasteiger partial charge is 0.294 e.